The van der Waals surface area contributed by atoms with Crippen molar-refractivity contribution in [2.75, 3.05) is 6.54 Å². The van der Waals surface area contributed by atoms with Gasteiger partial charge < -0.3 is 15.5 Å². The maximum Gasteiger partial charge on any atom is 0.310 e. The first-order valence-corrected chi connectivity index (χ1v) is 7.61. The number of hydrogen-bond acceptors (Lipinski definition) is 3. The van der Waals surface area contributed by atoms with Crippen molar-refractivity contribution in [3.05, 3.63) is 0 Å². The lowest BCUT2D eigenvalue weighted by atomic mass is 9.79. The number of aliphatic hydroxyl groups is 1. The number of carbonyl (C=O) groups excluding carboxylic acids is 1. The lowest BCUT2D eigenvalue weighted by Crippen LogP contribution is -2.39. The van der Waals surface area contributed by atoms with E-state index in [2.05, 4.69) is 5.32 Å². The van der Waals surface area contributed by atoms with Gasteiger partial charge in [-0.25, -0.2) is 0 Å². The Bertz CT molecular complexity index is 339. The Morgan fingerprint density at radius 3 is 2.40 bits per heavy atom. The van der Waals surface area contributed by atoms with Gasteiger partial charge in [0.05, 0.1) is 11.5 Å². The highest BCUT2D eigenvalue weighted by molar-refractivity contribution is 5.84. The molecule has 0 radical (unpaired) electrons. The Hall–Kier alpha value is -1.10. The largest absolute Gasteiger partial charge is 0.481 e. The number of carboxylic acid groups (broad SMARTS) is 1. The molecular formula is C15H27NO4. The standard InChI is InChI=1S/C15H27NO4/c1-3-15(4-2,14(19)20)9-13(18)16-10-11-6-5-7-12(17)8-11/h11-12,17H,3-10H2,1-2H3,(H,16,18)(H,19,20). The summed E-state index contributed by atoms with van der Waals surface area (Å²) in [5.41, 5.74) is -0.948. The number of aliphatic hydroxyl groups excluding tert-OH is 1. The number of amides is 1. The molecule has 116 valence electrons. The van der Waals surface area contributed by atoms with Gasteiger partial charge in [-0.1, -0.05) is 20.3 Å². The number of nitrogens with one attached hydrogen (secondary N) is 1. The van der Waals surface area contributed by atoms with Crippen molar-refractivity contribution >= 4 is 11.9 Å². The van der Waals surface area contributed by atoms with Crippen LogP contribution >= 0.6 is 0 Å². The molecule has 1 aliphatic rings. The van der Waals surface area contributed by atoms with Gasteiger partial charge in [0.2, 0.25) is 5.91 Å². The second-order valence-corrected chi connectivity index (χ2v) is 5.96. The molecule has 0 heterocycles. The van der Waals surface area contributed by atoms with Crippen LogP contribution in [0, 0.1) is 11.3 Å². The van der Waals surface area contributed by atoms with E-state index < -0.39 is 11.4 Å². The van der Waals surface area contributed by atoms with Crippen LogP contribution in [0.5, 0.6) is 0 Å². The molecule has 20 heavy (non-hydrogen) atoms. The van der Waals surface area contributed by atoms with E-state index >= 15 is 0 Å². The molecule has 1 rings (SSSR count). The Morgan fingerprint density at radius 2 is 1.90 bits per heavy atom. The predicted molar refractivity (Wildman–Crippen MR) is 76.2 cm³/mol. The summed E-state index contributed by atoms with van der Waals surface area (Å²) in [5.74, 6) is -0.785. The minimum absolute atomic E-state index is 0.0323. The third-order valence-electron chi connectivity index (χ3n) is 4.65. The van der Waals surface area contributed by atoms with Gasteiger partial charge in [-0.3, -0.25) is 9.59 Å². The molecule has 3 N–H and O–H groups in total. The van der Waals surface area contributed by atoms with Gasteiger partial charge in [0, 0.05) is 13.0 Å². The molecule has 0 aromatic rings. The van der Waals surface area contributed by atoms with Crippen molar-refractivity contribution in [2.45, 2.75) is 64.9 Å². The average molecular weight is 285 g/mol. The summed E-state index contributed by atoms with van der Waals surface area (Å²) in [6.07, 6.45) is 4.26. The Labute approximate surface area is 120 Å². The molecule has 0 saturated heterocycles. The summed E-state index contributed by atoms with van der Waals surface area (Å²) < 4.78 is 0. The van der Waals surface area contributed by atoms with Crippen LogP contribution in [0.15, 0.2) is 0 Å². The lowest BCUT2D eigenvalue weighted by molar-refractivity contribution is -0.152. The average Bonchev–Trinajstić information content (AvgIpc) is 2.42. The lowest BCUT2D eigenvalue weighted by Gasteiger charge is -2.28. The van der Waals surface area contributed by atoms with E-state index in [1.807, 2.05) is 13.8 Å². The van der Waals surface area contributed by atoms with Gasteiger partial charge in [-0.15, -0.1) is 0 Å². The molecular weight excluding hydrogens is 258 g/mol. The topological polar surface area (TPSA) is 86.6 Å². The van der Waals surface area contributed by atoms with Crippen LogP contribution in [-0.4, -0.2) is 34.7 Å². The van der Waals surface area contributed by atoms with E-state index in [1.54, 1.807) is 0 Å². The van der Waals surface area contributed by atoms with Crippen LogP contribution in [0.3, 0.4) is 0 Å². The zero-order valence-corrected chi connectivity index (χ0v) is 12.5. The van der Waals surface area contributed by atoms with E-state index in [0.717, 1.165) is 25.7 Å². The first kappa shape index (κ1) is 17.0. The second kappa shape index (κ2) is 7.62. The molecule has 0 aromatic heterocycles. The first-order valence-electron chi connectivity index (χ1n) is 7.61. The summed E-state index contributed by atoms with van der Waals surface area (Å²) in [4.78, 5) is 23.3. The van der Waals surface area contributed by atoms with Crippen LogP contribution in [0.25, 0.3) is 0 Å². The molecule has 1 aliphatic carbocycles. The van der Waals surface area contributed by atoms with Crippen molar-refractivity contribution < 1.29 is 19.8 Å². The van der Waals surface area contributed by atoms with Gasteiger partial charge >= 0.3 is 5.97 Å². The number of aliphatic carboxylic acids is 1. The van der Waals surface area contributed by atoms with E-state index in [0.29, 0.717) is 25.3 Å². The van der Waals surface area contributed by atoms with E-state index in [1.165, 1.54) is 0 Å². The van der Waals surface area contributed by atoms with Crippen LogP contribution in [0.2, 0.25) is 0 Å². The first-order chi connectivity index (χ1) is 9.43. The van der Waals surface area contributed by atoms with Gasteiger partial charge in [0.25, 0.3) is 0 Å². The van der Waals surface area contributed by atoms with E-state index in [9.17, 15) is 19.8 Å². The molecule has 0 bridgehead atoms. The number of carbonyl (C=O) groups is 2. The predicted octanol–water partition coefficient (Wildman–Crippen LogP) is 1.93. The van der Waals surface area contributed by atoms with E-state index in [4.69, 9.17) is 0 Å². The van der Waals surface area contributed by atoms with Gasteiger partial charge in [0.15, 0.2) is 0 Å². The van der Waals surface area contributed by atoms with Crippen molar-refractivity contribution in [2.24, 2.45) is 11.3 Å². The minimum Gasteiger partial charge on any atom is -0.481 e. The summed E-state index contributed by atoms with van der Waals surface area (Å²) in [7, 11) is 0. The molecule has 1 saturated carbocycles. The van der Waals surface area contributed by atoms with Crippen LogP contribution in [-0.2, 0) is 9.59 Å². The third kappa shape index (κ3) is 4.47. The molecule has 5 nitrogen and oxygen atoms in total. The Morgan fingerprint density at radius 1 is 1.25 bits per heavy atom. The van der Waals surface area contributed by atoms with Crippen LogP contribution in [0.1, 0.15) is 58.8 Å². The van der Waals surface area contributed by atoms with Gasteiger partial charge in [-0.2, -0.15) is 0 Å². The highest BCUT2D eigenvalue weighted by Gasteiger charge is 2.37. The molecule has 0 aliphatic heterocycles. The molecule has 0 aromatic carbocycles. The maximum atomic E-state index is 12.0. The SMILES string of the molecule is CCC(CC)(CC(=O)NCC1CCCC(O)C1)C(=O)O. The summed E-state index contributed by atoms with van der Waals surface area (Å²) in [5, 5.41) is 21.7. The summed E-state index contributed by atoms with van der Waals surface area (Å²) >= 11 is 0. The van der Waals surface area contributed by atoms with Crippen molar-refractivity contribution in [3.8, 4) is 0 Å². The summed E-state index contributed by atoms with van der Waals surface area (Å²) in [6, 6.07) is 0. The van der Waals surface area contributed by atoms with Crippen LogP contribution < -0.4 is 5.32 Å². The second-order valence-electron chi connectivity index (χ2n) is 5.96. The van der Waals surface area contributed by atoms with Crippen molar-refractivity contribution in [1.29, 1.82) is 0 Å². The Kier molecular flexibility index (Phi) is 6.46. The van der Waals surface area contributed by atoms with Crippen molar-refractivity contribution in [1.82, 2.24) is 5.32 Å². The van der Waals surface area contributed by atoms with E-state index in [-0.39, 0.29) is 18.4 Å². The fourth-order valence-electron chi connectivity index (χ4n) is 2.95. The fourth-order valence-corrected chi connectivity index (χ4v) is 2.95. The molecule has 1 fully saturated rings. The normalized spacial score (nSPS) is 23.4. The number of carboxylic acids is 1. The zero-order valence-electron chi connectivity index (χ0n) is 12.5. The smallest absolute Gasteiger partial charge is 0.310 e. The highest BCUT2D eigenvalue weighted by atomic mass is 16.4. The Balaban J connectivity index is 2.44. The molecule has 1 amide bonds. The molecule has 0 spiro atoms. The monoisotopic (exact) mass is 285 g/mol. The van der Waals surface area contributed by atoms with Crippen molar-refractivity contribution in [3.63, 3.8) is 0 Å². The molecule has 2 unspecified atom stereocenters. The quantitative estimate of drug-likeness (QED) is 0.667. The molecule has 5 heteroatoms. The van der Waals surface area contributed by atoms with Gasteiger partial charge in [0.1, 0.15) is 0 Å². The number of rotatable bonds is 7. The maximum absolute atomic E-state index is 12.0. The number of hydrogen-bond donors (Lipinski definition) is 3. The highest BCUT2D eigenvalue weighted by Crippen LogP contribution is 2.31. The zero-order chi connectivity index (χ0) is 15.2. The summed E-state index contributed by atoms with van der Waals surface area (Å²) in [6.45, 7) is 4.16. The minimum atomic E-state index is -0.948. The third-order valence-corrected chi connectivity index (χ3v) is 4.65. The molecule has 2 atom stereocenters. The fraction of sp³-hybridized carbons (Fsp3) is 0.867. The van der Waals surface area contributed by atoms with Crippen LogP contribution in [0.4, 0.5) is 0 Å². The van der Waals surface area contributed by atoms with Gasteiger partial charge in [-0.05, 0) is 38.0 Å².